The summed E-state index contributed by atoms with van der Waals surface area (Å²) in [4.78, 5) is 16.2. The van der Waals surface area contributed by atoms with Crippen molar-refractivity contribution < 1.29 is 18.7 Å². The van der Waals surface area contributed by atoms with E-state index in [9.17, 15) is 9.18 Å². The van der Waals surface area contributed by atoms with Crippen molar-refractivity contribution >= 4 is 35.8 Å². The number of amides is 1. The summed E-state index contributed by atoms with van der Waals surface area (Å²) in [5, 5.41) is 6.47. The summed E-state index contributed by atoms with van der Waals surface area (Å²) < 4.78 is 24.5. The second-order valence-electron chi connectivity index (χ2n) is 7.32. The Labute approximate surface area is 212 Å². The van der Waals surface area contributed by atoms with Gasteiger partial charge in [0, 0.05) is 13.6 Å². The summed E-state index contributed by atoms with van der Waals surface area (Å²) in [6.07, 6.45) is 0.409. The van der Waals surface area contributed by atoms with E-state index in [1.54, 1.807) is 19.2 Å². The Kier molecular flexibility index (Phi) is 12.6. The summed E-state index contributed by atoms with van der Waals surface area (Å²) in [6.45, 7) is 7.25. The smallest absolute Gasteiger partial charge is 0.222 e. The predicted octanol–water partition coefficient (Wildman–Crippen LogP) is 3.81. The van der Waals surface area contributed by atoms with Crippen molar-refractivity contribution in [3.8, 4) is 11.5 Å². The van der Waals surface area contributed by atoms with Gasteiger partial charge in [0.15, 0.2) is 17.5 Å². The molecule has 0 bridgehead atoms. The summed E-state index contributed by atoms with van der Waals surface area (Å²) in [5.41, 5.74) is 7.42. The fraction of sp³-hybridized carbons (Fsp3) is 0.417. The number of rotatable bonds is 11. The zero-order chi connectivity index (χ0) is 23.5. The molecule has 4 N–H and O–H groups in total. The first-order valence-electron chi connectivity index (χ1n) is 10.8. The molecular weight excluding hydrogens is 538 g/mol. The number of hydrogen-bond donors (Lipinski definition) is 3. The van der Waals surface area contributed by atoms with Gasteiger partial charge in [0.25, 0.3) is 0 Å². The number of benzene rings is 2. The molecule has 33 heavy (non-hydrogen) atoms. The van der Waals surface area contributed by atoms with Crippen LogP contribution in [0.4, 0.5) is 4.39 Å². The van der Waals surface area contributed by atoms with E-state index in [2.05, 4.69) is 15.6 Å². The molecule has 0 spiro atoms. The van der Waals surface area contributed by atoms with E-state index in [1.165, 1.54) is 12.1 Å². The first kappa shape index (κ1) is 28.5. The standard InChI is InChI=1S/C24H33FN4O3.HI/c1-5-31-21-12-9-18(14-22(21)32-6-2)16(3)29-24(27-4)28-15-19(23(26)30)13-17-7-10-20(25)11-8-17;/h7-12,14,16,19H,5-6,13,15H2,1-4H3,(H2,26,30)(H2,27,28,29);1H. The molecule has 0 aromatic heterocycles. The number of nitrogens with one attached hydrogen (secondary N) is 2. The number of nitrogens with zero attached hydrogens (tertiary/aromatic N) is 1. The quantitative estimate of drug-likeness (QED) is 0.216. The van der Waals surface area contributed by atoms with Gasteiger partial charge in [0.05, 0.1) is 25.2 Å². The van der Waals surface area contributed by atoms with E-state index >= 15 is 0 Å². The lowest BCUT2D eigenvalue weighted by Gasteiger charge is -2.21. The first-order valence-corrected chi connectivity index (χ1v) is 10.8. The fourth-order valence-electron chi connectivity index (χ4n) is 3.22. The highest BCUT2D eigenvalue weighted by Gasteiger charge is 2.18. The maximum absolute atomic E-state index is 13.1. The Hall–Kier alpha value is -2.56. The van der Waals surface area contributed by atoms with Crippen LogP contribution in [0.5, 0.6) is 11.5 Å². The van der Waals surface area contributed by atoms with Crippen molar-refractivity contribution in [3.63, 3.8) is 0 Å². The Balaban J connectivity index is 0.00000544. The zero-order valence-electron chi connectivity index (χ0n) is 19.6. The minimum absolute atomic E-state index is 0. The average molecular weight is 572 g/mol. The molecule has 9 heteroatoms. The molecule has 2 aromatic carbocycles. The molecule has 2 atom stereocenters. The molecule has 182 valence electrons. The summed E-state index contributed by atoms with van der Waals surface area (Å²) >= 11 is 0. The molecule has 0 saturated heterocycles. The molecule has 2 aromatic rings. The molecule has 0 aliphatic heterocycles. The third-order valence-corrected chi connectivity index (χ3v) is 4.96. The van der Waals surface area contributed by atoms with Gasteiger partial charge >= 0.3 is 0 Å². The topological polar surface area (TPSA) is 98.0 Å². The van der Waals surface area contributed by atoms with Crippen LogP contribution < -0.4 is 25.8 Å². The minimum Gasteiger partial charge on any atom is -0.490 e. The predicted molar refractivity (Wildman–Crippen MR) is 140 cm³/mol. The van der Waals surface area contributed by atoms with Crippen LogP contribution in [0.25, 0.3) is 0 Å². The van der Waals surface area contributed by atoms with Crippen LogP contribution in [0.2, 0.25) is 0 Å². The SMILES string of the molecule is CCOc1ccc(C(C)NC(=NC)NCC(Cc2ccc(F)cc2)C(N)=O)cc1OCC.I. The van der Waals surface area contributed by atoms with Gasteiger partial charge in [-0.25, -0.2) is 4.39 Å². The lowest BCUT2D eigenvalue weighted by molar-refractivity contribution is -0.121. The number of carbonyl (C=O) groups is 1. The van der Waals surface area contributed by atoms with Crippen molar-refractivity contribution in [2.45, 2.75) is 33.2 Å². The zero-order valence-corrected chi connectivity index (χ0v) is 21.9. The van der Waals surface area contributed by atoms with Crippen LogP contribution in [0.3, 0.4) is 0 Å². The van der Waals surface area contributed by atoms with Gasteiger partial charge in [0.1, 0.15) is 5.82 Å². The van der Waals surface area contributed by atoms with Crippen LogP contribution in [-0.4, -0.2) is 38.7 Å². The molecule has 2 rings (SSSR count). The van der Waals surface area contributed by atoms with Crippen LogP contribution in [0.15, 0.2) is 47.5 Å². The maximum Gasteiger partial charge on any atom is 0.222 e. The average Bonchev–Trinajstić information content (AvgIpc) is 2.78. The first-order chi connectivity index (χ1) is 15.4. The summed E-state index contributed by atoms with van der Waals surface area (Å²) in [7, 11) is 1.66. The van der Waals surface area contributed by atoms with Gasteiger partial charge in [-0.2, -0.15) is 0 Å². The third-order valence-electron chi connectivity index (χ3n) is 4.96. The Morgan fingerprint density at radius 1 is 1.09 bits per heavy atom. The lowest BCUT2D eigenvalue weighted by Crippen LogP contribution is -2.43. The van der Waals surface area contributed by atoms with E-state index in [4.69, 9.17) is 15.2 Å². The number of aliphatic imine (C=N–C) groups is 1. The Morgan fingerprint density at radius 2 is 1.73 bits per heavy atom. The normalized spacial score (nSPS) is 12.8. The van der Waals surface area contributed by atoms with Crippen molar-refractivity contribution in [1.82, 2.24) is 10.6 Å². The number of primary amides is 1. The van der Waals surface area contributed by atoms with E-state index < -0.39 is 11.8 Å². The fourth-order valence-corrected chi connectivity index (χ4v) is 3.22. The van der Waals surface area contributed by atoms with Crippen molar-refractivity contribution in [1.29, 1.82) is 0 Å². The van der Waals surface area contributed by atoms with Crippen LogP contribution >= 0.6 is 24.0 Å². The molecule has 0 fully saturated rings. The Morgan fingerprint density at radius 3 is 2.30 bits per heavy atom. The van der Waals surface area contributed by atoms with E-state index in [-0.39, 0.29) is 35.8 Å². The highest BCUT2D eigenvalue weighted by atomic mass is 127. The molecule has 7 nitrogen and oxygen atoms in total. The highest BCUT2D eigenvalue weighted by molar-refractivity contribution is 14.0. The second-order valence-corrected chi connectivity index (χ2v) is 7.32. The van der Waals surface area contributed by atoms with Gasteiger partial charge in [0.2, 0.25) is 5.91 Å². The monoisotopic (exact) mass is 572 g/mol. The second kappa shape index (κ2) is 14.6. The number of ether oxygens (including phenoxy) is 2. The lowest BCUT2D eigenvalue weighted by atomic mass is 9.98. The molecule has 2 unspecified atom stereocenters. The van der Waals surface area contributed by atoms with Crippen LogP contribution in [0.1, 0.15) is 37.9 Å². The number of nitrogens with two attached hydrogens (primary N) is 1. The summed E-state index contributed by atoms with van der Waals surface area (Å²) in [6, 6.07) is 11.8. The van der Waals surface area contributed by atoms with Crippen molar-refractivity contribution in [2.24, 2.45) is 16.6 Å². The molecule has 0 heterocycles. The number of halogens is 2. The van der Waals surface area contributed by atoms with E-state index in [1.807, 2.05) is 39.0 Å². The molecule has 0 saturated carbocycles. The number of guanidine groups is 1. The molecule has 0 radical (unpaired) electrons. The third kappa shape index (κ3) is 9.07. The number of carbonyl (C=O) groups excluding carboxylic acids is 1. The van der Waals surface area contributed by atoms with Crippen LogP contribution in [-0.2, 0) is 11.2 Å². The summed E-state index contributed by atoms with van der Waals surface area (Å²) in [5.74, 6) is 0.717. The van der Waals surface area contributed by atoms with E-state index in [0.717, 1.165) is 11.1 Å². The van der Waals surface area contributed by atoms with Gasteiger partial charge < -0.3 is 25.8 Å². The van der Waals surface area contributed by atoms with Crippen molar-refractivity contribution in [2.75, 3.05) is 26.8 Å². The van der Waals surface area contributed by atoms with Crippen LogP contribution in [0, 0.1) is 11.7 Å². The molecule has 0 aliphatic rings. The largest absolute Gasteiger partial charge is 0.490 e. The number of hydrogen-bond acceptors (Lipinski definition) is 4. The minimum atomic E-state index is -0.468. The van der Waals surface area contributed by atoms with Gasteiger partial charge in [-0.05, 0) is 62.6 Å². The van der Waals surface area contributed by atoms with Gasteiger partial charge in [-0.3, -0.25) is 9.79 Å². The molecule has 1 amide bonds. The highest BCUT2D eigenvalue weighted by Crippen LogP contribution is 2.30. The van der Waals surface area contributed by atoms with E-state index in [0.29, 0.717) is 43.6 Å². The Bertz CT molecular complexity index is 909. The van der Waals surface area contributed by atoms with Crippen molar-refractivity contribution in [3.05, 3.63) is 59.4 Å². The van der Waals surface area contributed by atoms with Gasteiger partial charge in [-0.1, -0.05) is 18.2 Å². The molecular formula is C24H34FIN4O3. The molecule has 0 aliphatic carbocycles. The maximum atomic E-state index is 13.1. The van der Waals surface area contributed by atoms with Gasteiger partial charge in [-0.15, -0.1) is 24.0 Å².